The van der Waals surface area contributed by atoms with Gasteiger partial charge in [-0.2, -0.15) is 0 Å². The first-order chi connectivity index (χ1) is 4.30. The molecule has 0 aromatic heterocycles. The van der Waals surface area contributed by atoms with E-state index in [0.29, 0.717) is 0 Å². The van der Waals surface area contributed by atoms with Crippen LogP contribution < -0.4 is 39.5 Å². The number of rotatable bonds is 1. The van der Waals surface area contributed by atoms with Crippen LogP contribution in [0.25, 0.3) is 0 Å². The second-order valence-corrected chi connectivity index (χ2v) is 4.00. The monoisotopic (exact) mass is 160 g/mol. The molecule has 1 atom stereocenters. The standard InChI is InChI=1S/C7H9OSi.Na/c1-9(8)7-5-3-2-4-6-7;/h2-6,9H,1H3;/q-1;+1. The fourth-order valence-electron chi connectivity index (χ4n) is 0.724. The largest absolute Gasteiger partial charge is 1.00 e. The van der Waals surface area contributed by atoms with E-state index in [1.807, 2.05) is 30.3 Å². The summed E-state index contributed by atoms with van der Waals surface area (Å²) in [4.78, 5) is 10.9. The van der Waals surface area contributed by atoms with Gasteiger partial charge in [0.2, 0.25) is 0 Å². The maximum Gasteiger partial charge on any atom is 1.00 e. The summed E-state index contributed by atoms with van der Waals surface area (Å²) in [6, 6.07) is 9.57. The van der Waals surface area contributed by atoms with E-state index in [2.05, 4.69) is 0 Å². The van der Waals surface area contributed by atoms with Gasteiger partial charge in [0.25, 0.3) is 0 Å². The van der Waals surface area contributed by atoms with E-state index in [-0.39, 0.29) is 29.6 Å². The van der Waals surface area contributed by atoms with E-state index in [1.165, 1.54) is 0 Å². The second-order valence-electron chi connectivity index (χ2n) is 2.05. The molecule has 1 nitrogen and oxygen atoms in total. The predicted molar refractivity (Wildman–Crippen MR) is 39.1 cm³/mol. The van der Waals surface area contributed by atoms with Gasteiger partial charge in [0.15, 0.2) is 0 Å². The molecule has 0 heterocycles. The molecule has 48 valence electrons. The van der Waals surface area contributed by atoms with Crippen molar-refractivity contribution >= 4 is 14.2 Å². The fraction of sp³-hybridized carbons (Fsp3) is 0.143. The summed E-state index contributed by atoms with van der Waals surface area (Å²) < 4.78 is 0. The minimum Gasteiger partial charge on any atom is -0.858 e. The van der Waals surface area contributed by atoms with E-state index < -0.39 is 9.04 Å². The Hall–Kier alpha value is 0.397. The number of hydrogen-bond donors (Lipinski definition) is 0. The first-order valence-corrected chi connectivity index (χ1v) is 5.22. The van der Waals surface area contributed by atoms with Crippen molar-refractivity contribution in [3.05, 3.63) is 30.3 Å². The zero-order valence-corrected chi connectivity index (χ0v) is 9.53. The van der Waals surface area contributed by atoms with E-state index in [0.717, 1.165) is 5.19 Å². The summed E-state index contributed by atoms with van der Waals surface area (Å²) in [6.07, 6.45) is 0. The Kier molecular flexibility index (Phi) is 5.30. The van der Waals surface area contributed by atoms with Crippen molar-refractivity contribution < 1.29 is 34.4 Å². The van der Waals surface area contributed by atoms with E-state index in [4.69, 9.17) is 0 Å². The van der Waals surface area contributed by atoms with Gasteiger partial charge in [-0.25, -0.2) is 0 Å². The molecule has 1 aromatic rings. The van der Waals surface area contributed by atoms with Crippen LogP contribution in [0.4, 0.5) is 0 Å². The van der Waals surface area contributed by atoms with Gasteiger partial charge in [-0.3, -0.25) is 0 Å². The third-order valence-electron chi connectivity index (χ3n) is 1.27. The molecule has 1 aromatic carbocycles. The minimum atomic E-state index is -1.78. The molecule has 0 aliphatic heterocycles. The third-order valence-corrected chi connectivity index (χ3v) is 2.59. The third kappa shape index (κ3) is 2.99. The van der Waals surface area contributed by atoms with E-state index >= 15 is 0 Å². The molecule has 10 heavy (non-hydrogen) atoms. The molecule has 0 amide bonds. The summed E-state index contributed by atoms with van der Waals surface area (Å²) in [7, 11) is -1.78. The van der Waals surface area contributed by atoms with Gasteiger partial charge in [-0.1, -0.05) is 42.1 Å². The molecule has 0 saturated carbocycles. The van der Waals surface area contributed by atoms with Gasteiger partial charge < -0.3 is 4.80 Å². The van der Waals surface area contributed by atoms with Crippen LogP contribution in [-0.2, 0) is 0 Å². The Labute approximate surface area is 85.1 Å². The normalized spacial score (nSPS) is 11.8. The Bertz CT molecular complexity index is 176. The predicted octanol–water partition coefficient (Wildman–Crippen LogP) is -3.39. The first-order valence-electron chi connectivity index (χ1n) is 3.01. The van der Waals surface area contributed by atoms with Crippen LogP contribution in [0, 0.1) is 0 Å². The van der Waals surface area contributed by atoms with Crippen LogP contribution in [0.3, 0.4) is 0 Å². The van der Waals surface area contributed by atoms with Crippen molar-refractivity contribution in [1.29, 1.82) is 0 Å². The topological polar surface area (TPSA) is 23.1 Å². The Morgan fingerprint density at radius 3 is 2.00 bits per heavy atom. The van der Waals surface area contributed by atoms with Crippen molar-refractivity contribution in [3.63, 3.8) is 0 Å². The summed E-state index contributed by atoms with van der Waals surface area (Å²) in [5.41, 5.74) is 0. The smallest absolute Gasteiger partial charge is 0.858 e. The molecule has 0 spiro atoms. The Morgan fingerprint density at radius 2 is 1.70 bits per heavy atom. The Morgan fingerprint density at radius 1 is 1.20 bits per heavy atom. The quantitative estimate of drug-likeness (QED) is 0.393. The molecule has 0 aliphatic carbocycles. The number of hydrogen-bond acceptors (Lipinski definition) is 1. The van der Waals surface area contributed by atoms with Gasteiger partial charge >= 0.3 is 29.6 Å². The van der Waals surface area contributed by atoms with Crippen molar-refractivity contribution in [2.45, 2.75) is 6.55 Å². The van der Waals surface area contributed by atoms with E-state index in [1.54, 1.807) is 6.55 Å². The van der Waals surface area contributed by atoms with Crippen LogP contribution in [-0.4, -0.2) is 9.04 Å². The average Bonchev–Trinajstić information content (AvgIpc) is 1.90. The molecule has 0 fully saturated rings. The summed E-state index contributed by atoms with van der Waals surface area (Å²) in [5, 5.41) is 0.998. The summed E-state index contributed by atoms with van der Waals surface area (Å²) >= 11 is 0. The molecular weight excluding hydrogens is 151 g/mol. The fourth-order valence-corrected chi connectivity index (χ4v) is 1.49. The van der Waals surface area contributed by atoms with Crippen LogP contribution in [0.15, 0.2) is 30.3 Å². The average molecular weight is 160 g/mol. The molecule has 1 rings (SSSR count). The number of benzene rings is 1. The molecule has 0 N–H and O–H groups in total. The van der Waals surface area contributed by atoms with Gasteiger partial charge in [0.1, 0.15) is 0 Å². The molecule has 3 heteroatoms. The molecule has 0 saturated heterocycles. The molecule has 0 aliphatic rings. The van der Waals surface area contributed by atoms with Crippen molar-refractivity contribution in [3.8, 4) is 0 Å². The minimum absolute atomic E-state index is 0. The molecule has 1 unspecified atom stereocenters. The van der Waals surface area contributed by atoms with Gasteiger partial charge in [-0.15, -0.1) is 0 Å². The maximum absolute atomic E-state index is 10.9. The van der Waals surface area contributed by atoms with Crippen molar-refractivity contribution in [2.75, 3.05) is 0 Å². The SMILES string of the molecule is C[SiH]([O-])c1ccccc1.[Na+]. The zero-order chi connectivity index (χ0) is 6.69. The Balaban J connectivity index is 0.000000810. The summed E-state index contributed by atoms with van der Waals surface area (Å²) in [5.74, 6) is 0. The van der Waals surface area contributed by atoms with Crippen LogP contribution in [0.2, 0.25) is 6.55 Å². The van der Waals surface area contributed by atoms with Crippen molar-refractivity contribution in [2.24, 2.45) is 0 Å². The van der Waals surface area contributed by atoms with E-state index in [9.17, 15) is 4.80 Å². The molecule has 0 bridgehead atoms. The summed E-state index contributed by atoms with van der Waals surface area (Å²) in [6.45, 7) is 1.79. The van der Waals surface area contributed by atoms with Crippen LogP contribution >= 0.6 is 0 Å². The zero-order valence-electron chi connectivity index (χ0n) is 6.37. The molecular formula is C7H9NaOSi. The second kappa shape index (κ2) is 5.10. The van der Waals surface area contributed by atoms with Gasteiger partial charge in [0, 0.05) is 0 Å². The molecule has 0 radical (unpaired) electrons. The van der Waals surface area contributed by atoms with Gasteiger partial charge in [0.05, 0.1) is 0 Å². The van der Waals surface area contributed by atoms with Crippen LogP contribution in [0.1, 0.15) is 0 Å². The maximum atomic E-state index is 10.9. The first kappa shape index (κ1) is 10.4. The van der Waals surface area contributed by atoms with Gasteiger partial charge in [-0.05, 0) is 9.04 Å². The van der Waals surface area contributed by atoms with Crippen LogP contribution in [0.5, 0.6) is 0 Å². The van der Waals surface area contributed by atoms with Crippen molar-refractivity contribution in [1.82, 2.24) is 0 Å².